The van der Waals surface area contributed by atoms with Gasteiger partial charge in [-0.3, -0.25) is 33.7 Å². The number of nitrogens with zero attached hydrogens (tertiary/aromatic N) is 2. The summed E-state index contributed by atoms with van der Waals surface area (Å²) in [5, 5.41) is 22.2. The van der Waals surface area contributed by atoms with Gasteiger partial charge in [0.1, 0.15) is 11.5 Å². The minimum Gasteiger partial charge on any atom is -0.508 e. The summed E-state index contributed by atoms with van der Waals surface area (Å²) < 4.78 is 0. The first-order valence-corrected chi connectivity index (χ1v) is 25.0. The van der Waals surface area contributed by atoms with Gasteiger partial charge in [-0.1, -0.05) is 142 Å². The van der Waals surface area contributed by atoms with Crippen LogP contribution in [0.25, 0.3) is 11.1 Å². The van der Waals surface area contributed by atoms with Crippen molar-refractivity contribution in [1.29, 1.82) is 0 Å². The number of carbonyl (C=O) groups excluding carboxylic acids is 6. The number of phenolic OH excluding ortho intramolecular Hbond substituents is 2. The van der Waals surface area contributed by atoms with E-state index >= 15 is 0 Å². The van der Waals surface area contributed by atoms with Crippen LogP contribution in [0.4, 0.5) is 5.69 Å². The van der Waals surface area contributed by atoms with E-state index in [-0.39, 0.29) is 80.6 Å². The van der Waals surface area contributed by atoms with Crippen LogP contribution < -0.4 is 4.90 Å². The van der Waals surface area contributed by atoms with Gasteiger partial charge >= 0.3 is 0 Å². The molecule has 0 fully saturated rings. The van der Waals surface area contributed by atoms with E-state index in [1.165, 1.54) is 31.3 Å². The fraction of sp³-hybridized carbons (Fsp3) is 0.169. The number of imide groups is 2. The minimum atomic E-state index is -0.953. The van der Waals surface area contributed by atoms with Crippen molar-refractivity contribution >= 4 is 40.9 Å². The van der Waals surface area contributed by atoms with E-state index in [0.717, 1.165) is 71.9 Å². The molecule has 12 rings (SSSR count). The van der Waals surface area contributed by atoms with Gasteiger partial charge in [0.2, 0.25) is 0 Å². The maximum absolute atomic E-state index is 14.5. The molecule has 10 nitrogen and oxygen atoms in total. The van der Waals surface area contributed by atoms with E-state index < -0.39 is 23.1 Å². The predicted octanol–water partition coefficient (Wildman–Crippen LogP) is 11.6. The Hall–Kier alpha value is -9.02. The number of aryl methyl sites for hydroxylation is 1. The van der Waals surface area contributed by atoms with Crippen molar-refractivity contribution in [2.75, 3.05) is 11.9 Å². The van der Waals surface area contributed by atoms with Crippen LogP contribution in [0.1, 0.15) is 145 Å². The number of ketones is 2. The molecule has 8 aromatic rings. The highest BCUT2D eigenvalue weighted by Crippen LogP contribution is 2.58. The molecule has 0 aromatic heterocycles. The van der Waals surface area contributed by atoms with Crippen molar-refractivity contribution in [1.82, 2.24) is 4.90 Å². The summed E-state index contributed by atoms with van der Waals surface area (Å²) in [6.07, 6.45) is 0.991. The number of amides is 4. The van der Waals surface area contributed by atoms with Crippen LogP contribution in [-0.2, 0) is 29.1 Å². The Morgan fingerprint density at radius 2 is 0.987 bits per heavy atom. The van der Waals surface area contributed by atoms with Crippen LogP contribution in [0.2, 0.25) is 0 Å². The fourth-order valence-corrected chi connectivity index (χ4v) is 12.7. The van der Waals surface area contributed by atoms with Gasteiger partial charge in [0.15, 0.2) is 11.6 Å². The van der Waals surface area contributed by atoms with Gasteiger partial charge in [-0.25, -0.2) is 4.90 Å². The van der Waals surface area contributed by atoms with Crippen molar-refractivity contribution in [2.24, 2.45) is 0 Å². The molecule has 0 spiro atoms. The normalized spacial score (nSPS) is 17.5. The minimum absolute atomic E-state index is 0.0150. The number of Topliss-reactive ketones (excluding diaryl/α,β-unsaturated/α-hetero) is 2. The maximum Gasteiger partial charge on any atom is 0.266 e. The number of phenols is 2. The Bertz CT molecular complexity index is 3840. The lowest BCUT2D eigenvalue weighted by Crippen LogP contribution is -2.32. The zero-order valence-corrected chi connectivity index (χ0v) is 41.9. The highest BCUT2D eigenvalue weighted by Gasteiger charge is 2.49. The van der Waals surface area contributed by atoms with Crippen molar-refractivity contribution in [3.05, 3.63) is 253 Å². The molecule has 1 unspecified atom stereocenters. The molecular weight excluding hydrogens is 937 g/mol. The van der Waals surface area contributed by atoms with Gasteiger partial charge in [-0.05, 0) is 128 Å². The molecule has 4 amide bonds. The van der Waals surface area contributed by atoms with Crippen molar-refractivity contribution in [2.45, 2.75) is 63.2 Å². The predicted molar refractivity (Wildman–Crippen MR) is 285 cm³/mol. The highest BCUT2D eigenvalue weighted by atomic mass is 16.3. The molecule has 368 valence electrons. The van der Waals surface area contributed by atoms with E-state index in [0.29, 0.717) is 22.3 Å². The number of anilines is 1. The second-order valence-corrected chi connectivity index (χ2v) is 21.4. The van der Waals surface area contributed by atoms with Crippen LogP contribution in [0.3, 0.4) is 0 Å². The van der Waals surface area contributed by atoms with E-state index in [1.807, 2.05) is 67.6 Å². The molecule has 2 heterocycles. The number of hydrogen-bond donors (Lipinski definition) is 2. The zero-order chi connectivity index (χ0) is 52.5. The second kappa shape index (κ2) is 16.8. The number of hydrogen-bond acceptors (Lipinski definition) is 8. The first-order chi connectivity index (χ1) is 35.9. The highest BCUT2D eigenvalue weighted by molar-refractivity contribution is 6.35. The second-order valence-electron chi connectivity index (χ2n) is 21.4. The lowest BCUT2D eigenvalue weighted by Gasteiger charge is -2.35. The smallest absolute Gasteiger partial charge is 0.266 e. The Labute approximate surface area is 433 Å². The number of aromatic hydroxyl groups is 2. The van der Waals surface area contributed by atoms with Crippen LogP contribution in [0.15, 0.2) is 164 Å². The first-order valence-electron chi connectivity index (χ1n) is 25.0. The molecule has 10 heteroatoms. The molecule has 4 aliphatic rings. The van der Waals surface area contributed by atoms with E-state index in [4.69, 9.17) is 0 Å². The number of rotatable bonds is 10. The van der Waals surface area contributed by atoms with Crippen LogP contribution in [-0.4, -0.2) is 57.4 Å². The van der Waals surface area contributed by atoms with Crippen LogP contribution in [0.5, 0.6) is 11.5 Å². The Morgan fingerprint density at radius 1 is 0.480 bits per heavy atom. The average molecular weight is 987 g/mol. The summed E-state index contributed by atoms with van der Waals surface area (Å²) in [6, 6.07) is 50.2. The monoisotopic (exact) mass is 986 g/mol. The van der Waals surface area contributed by atoms with Crippen molar-refractivity contribution < 1.29 is 39.0 Å². The molecule has 2 aliphatic carbocycles. The molecule has 75 heavy (non-hydrogen) atoms. The topological polar surface area (TPSA) is 149 Å². The van der Waals surface area contributed by atoms with Gasteiger partial charge in [-0.2, -0.15) is 0 Å². The fourth-order valence-electron chi connectivity index (χ4n) is 12.7. The summed E-state index contributed by atoms with van der Waals surface area (Å²) in [7, 11) is 1.43. The Balaban J connectivity index is 0.798. The lowest BCUT2D eigenvalue weighted by molar-refractivity contribution is 0.0691. The summed E-state index contributed by atoms with van der Waals surface area (Å²) >= 11 is 0. The number of carbonyl (C=O) groups is 6. The molecule has 8 aromatic carbocycles. The molecular formula is C65H50N2O8. The SMILES string of the molecule is Cc1cc(C2(c3ccc(O)c(N4C(=O)c5ccc(C(=O)Cc6ccc7c(c6)C(C)(C)CC7(C)c6ccc(CC(=O)c7ccc8c(c7)C(=O)N(C)C8=O)cc6)cc5C4=O)c3)c3ccccc3-c3ccccc32)ccc1O. The van der Waals surface area contributed by atoms with Crippen LogP contribution in [0, 0.1) is 6.92 Å². The lowest BCUT2D eigenvalue weighted by atomic mass is 9.67. The van der Waals surface area contributed by atoms with E-state index in [1.54, 1.807) is 30.3 Å². The number of fused-ring (bicyclic) bond motifs is 6. The van der Waals surface area contributed by atoms with E-state index in [9.17, 15) is 39.0 Å². The van der Waals surface area contributed by atoms with E-state index in [2.05, 4.69) is 69.3 Å². The molecule has 2 N–H and O–H groups in total. The molecule has 2 aliphatic heterocycles. The Kier molecular flexibility index (Phi) is 10.5. The maximum atomic E-state index is 14.5. The van der Waals surface area contributed by atoms with Crippen molar-refractivity contribution in [3.63, 3.8) is 0 Å². The summed E-state index contributed by atoms with van der Waals surface area (Å²) in [4.78, 5) is 83.4. The summed E-state index contributed by atoms with van der Waals surface area (Å²) in [5.41, 5.74) is 11.1. The van der Waals surface area contributed by atoms with Gasteiger partial charge in [0.25, 0.3) is 23.6 Å². The molecule has 0 saturated carbocycles. The number of benzene rings is 8. The van der Waals surface area contributed by atoms with Gasteiger partial charge in [-0.15, -0.1) is 0 Å². The zero-order valence-electron chi connectivity index (χ0n) is 41.9. The average Bonchev–Trinajstić information content (AvgIpc) is 4.02. The first kappa shape index (κ1) is 47.0. The summed E-state index contributed by atoms with van der Waals surface area (Å²) in [6.45, 7) is 8.46. The third-order valence-corrected chi connectivity index (χ3v) is 16.4. The quantitative estimate of drug-likeness (QED) is 0.102. The Morgan fingerprint density at radius 3 is 1.61 bits per heavy atom. The van der Waals surface area contributed by atoms with Crippen LogP contribution >= 0.6 is 0 Å². The van der Waals surface area contributed by atoms with Gasteiger partial charge in [0.05, 0.1) is 33.4 Å². The third kappa shape index (κ3) is 6.99. The van der Waals surface area contributed by atoms with Gasteiger partial charge < -0.3 is 10.2 Å². The standard InChI is InChI=1S/C65H50N2O8/c1-36-28-42(21-26-55(36)68)65(50-12-8-6-10-44(50)45-11-7-9-13-51(45)65)43-22-27-56(69)54(34-43)67-61(74)47-24-18-40(33-49(47)62(67)75)58(71)31-38-16-25-52-53(29-38)63(2,3)35-64(52,4)41-19-14-37(15-20-41)30-57(70)39-17-23-46-48(32-39)60(73)66(5)59(46)72/h6-29,32-34,68-69H,30-31,35H2,1-5H3. The molecule has 0 radical (unpaired) electrons. The molecule has 0 bridgehead atoms. The molecule has 1 atom stereocenters. The third-order valence-electron chi connectivity index (χ3n) is 16.4. The van der Waals surface area contributed by atoms with Gasteiger partial charge in [0, 0.05) is 36.4 Å². The molecule has 0 saturated heterocycles. The largest absolute Gasteiger partial charge is 0.508 e. The summed E-state index contributed by atoms with van der Waals surface area (Å²) in [5.74, 6) is -2.54. The van der Waals surface area contributed by atoms with Crippen molar-refractivity contribution in [3.8, 4) is 22.6 Å².